The molecule has 126 valence electrons. The number of esters is 1. The largest absolute Gasteiger partial charge is 0.465 e. The summed E-state index contributed by atoms with van der Waals surface area (Å²) in [6.07, 6.45) is 8.67. The fourth-order valence-electron chi connectivity index (χ4n) is 2.00. The van der Waals surface area contributed by atoms with Gasteiger partial charge in [-0.2, -0.15) is 0 Å². The molecule has 4 heteroatoms. The topological polar surface area (TPSA) is 66.8 Å². The van der Waals surface area contributed by atoms with Crippen molar-refractivity contribution in [2.24, 2.45) is 11.3 Å². The van der Waals surface area contributed by atoms with E-state index in [0.29, 0.717) is 6.42 Å². The quantitative estimate of drug-likeness (QED) is 0.405. The lowest BCUT2D eigenvalue weighted by atomic mass is 9.94. The normalized spacial score (nSPS) is 11.9. The van der Waals surface area contributed by atoms with E-state index in [-0.39, 0.29) is 25.8 Å². The zero-order valence-corrected chi connectivity index (χ0v) is 14.1. The van der Waals surface area contributed by atoms with Gasteiger partial charge in [0.05, 0.1) is 13.2 Å². The van der Waals surface area contributed by atoms with Gasteiger partial charge in [-0.05, 0) is 12.3 Å². The van der Waals surface area contributed by atoms with Crippen molar-refractivity contribution >= 4 is 5.97 Å². The highest BCUT2D eigenvalue weighted by Crippen LogP contribution is 2.16. The number of unbranched alkanes of at least 4 members (excludes halogenated alkanes) is 5. The molecule has 0 aromatic rings. The lowest BCUT2D eigenvalue weighted by Crippen LogP contribution is -2.32. The first-order chi connectivity index (χ1) is 9.93. The van der Waals surface area contributed by atoms with Gasteiger partial charge in [0.15, 0.2) is 0 Å². The van der Waals surface area contributed by atoms with Crippen LogP contribution in [0.15, 0.2) is 0 Å². The van der Waals surface area contributed by atoms with Crippen molar-refractivity contribution in [1.82, 2.24) is 0 Å². The van der Waals surface area contributed by atoms with Crippen LogP contribution in [0.3, 0.4) is 0 Å². The van der Waals surface area contributed by atoms with Gasteiger partial charge in [-0.3, -0.25) is 4.79 Å². The lowest BCUT2D eigenvalue weighted by molar-refractivity contribution is -0.149. The summed E-state index contributed by atoms with van der Waals surface area (Å²) in [6, 6.07) is 0. The Kier molecular flexibility index (Phi) is 11.6. The molecule has 0 heterocycles. The van der Waals surface area contributed by atoms with Crippen LogP contribution in [0, 0.1) is 11.3 Å². The van der Waals surface area contributed by atoms with Crippen molar-refractivity contribution in [1.29, 1.82) is 0 Å². The highest BCUT2D eigenvalue weighted by Gasteiger charge is 2.24. The molecule has 0 aliphatic rings. The first-order valence-electron chi connectivity index (χ1n) is 8.31. The molecule has 0 atom stereocenters. The number of ether oxygens (including phenoxy) is 1. The van der Waals surface area contributed by atoms with E-state index in [1.165, 1.54) is 32.1 Å². The van der Waals surface area contributed by atoms with Gasteiger partial charge in [0.1, 0.15) is 6.61 Å². The number of hydrogen-bond acceptors (Lipinski definition) is 4. The second kappa shape index (κ2) is 12.0. The van der Waals surface area contributed by atoms with Gasteiger partial charge >= 0.3 is 5.97 Å². The Morgan fingerprint density at radius 2 is 1.52 bits per heavy atom. The maximum atomic E-state index is 11.5. The van der Waals surface area contributed by atoms with Gasteiger partial charge in [0, 0.05) is 11.8 Å². The number of rotatable bonds is 13. The summed E-state index contributed by atoms with van der Waals surface area (Å²) in [5, 5.41) is 18.2. The van der Waals surface area contributed by atoms with Gasteiger partial charge in [-0.25, -0.2) is 0 Å². The maximum absolute atomic E-state index is 11.5. The summed E-state index contributed by atoms with van der Waals surface area (Å²) in [6.45, 7) is 5.90. The summed E-state index contributed by atoms with van der Waals surface area (Å²) >= 11 is 0. The average Bonchev–Trinajstić information content (AvgIpc) is 2.47. The molecule has 0 saturated carbocycles. The molecule has 0 aromatic heterocycles. The molecule has 0 radical (unpaired) electrons. The molecule has 4 nitrogen and oxygen atoms in total. The Labute approximate surface area is 129 Å². The molecule has 0 spiro atoms. The molecule has 21 heavy (non-hydrogen) atoms. The summed E-state index contributed by atoms with van der Waals surface area (Å²) in [5.74, 6) is 0.561. The smallest absolute Gasteiger partial charge is 0.305 e. The van der Waals surface area contributed by atoms with Gasteiger partial charge in [0.25, 0.3) is 0 Å². The standard InChI is InChI=1S/C17H34O4/c1-15(2)10-8-6-4-5-7-9-11-16(20)21-14-17(3,12-18)13-19/h15,18-19H,4-14H2,1-3H3. The predicted octanol–water partition coefficient (Wildman–Crippen LogP) is 3.30. The first kappa shape index (κ1) is 20.4. The monoisotopic (exact) mass is 302 g/mol. The Morgan fingerprint density at radius 3 is 2.05 bits per heavy atom. The van der Waals surface area contributed by atoms with Crippen LogP contribution in [0.5, 0.6) is 0 Å². The zero-order chi connectivity index (χ0) is 16.1. The summed E-state index contributed by atoms with van der Waals surface area (Å²) < 4.78 is 5.10. The van der Waals surface area contributed by atoms with Crippen molar-refractivity contribution < 1.29 is 19.7 Å². The van der Waals surface area contributed by atoms with Crippen LogP contribution in [0.4, 0.5) is 0 Å². The second-order valence-electron chi connectivity index (χ2n) is 6.84. The van der Waals surface area contributed by atoms with Crippen LogP contribution in [0.1, 0.15) is 72.1 Å². The minimum Gasteiger partial charge on any atom is -0.465 e. The van der Waals surface area contributed by atoms with Crippen LogP contribution in [0.25, 0.3) is 0 Å². The highest BCUT2D eigenvalue weighted by molar-refractivity contribution is 5.69. The maximum Gasteiger partial charge on any atom is 0.305 e. The minimum absolute atomic E-state index is 0.0774. The third kappa shape index (κ3) is 11.7. The van der Waals surface area contributed by atoms with E-state index in [4.69, 9.17) is 14.9 Å². The third-order valence-electron chi connectivity index (χ3n) is 3.76. The molecule has 0 saturated heterocycles. The van der Waals surface area contributed by atoms with Crippen molar-refractivity contribution in [2.75, 3.05) is 19.8 Å². The number of aliphatic hydroxyl groups excluding tert-OH is 2. The van der Waals surface area contributed by atoms with Crippen LogP contribution in [0.2, 0.25) is 0 Å². The van der Waals surface area contributed by atoms with Crippen molar-refractivity contribution in [3.8, 4) is 0 Å². The molecule has 0 fully saturated rings. The summed E-state index contributed by atoms with van der Waals surface area (Å²) in [5.41, 5.74) is -0.730. The van der Waals surface area contributed by atoms with Crippen LogP contribution in [-0.2, 0) is 9.53 Å². The number of carbonyl (C=O) groups excluding carboxylic acids is 1. The van der Waals surface area contributed by atoms with E-state index in [1.54, 1.807) is 6.92 Å². The van der Waals surface area contributed by atoms with E-state index in [2.05, 4.69) is 13.8 Å². The first-order valence-corrected chi connectivity index (χ1v) is 8.31. The van der Waals surface area contributed by atoms with Crippen molar-refractivity contribution in [3.63, 3.8) is 0 Å². The van der Waals surface area contributed by atoms with E-state index >= 15 is 0 Å². The molecular weight excluding hydrogens is 268 g/mol. The SMILES string of the molecule is CC(C)CCCCCCCCC(=O)OCC(C)(CO)CO. The Bertz CT molecular complexity index is 260. The Morgan fingerprint density at radius 1 is 1.00 bits per heavy atom. The Hall–Kier alpha value is -0.610. The third-order valence-corrected chi connectivity index (χ3v) is 3.76. The van der Waals surface area contributed by atoms with E-state index in [9.17, 15) is 4.79 Å². The fraction of sp³-hybridized carbons (Fsp3) is 0.941. The van der Waals surface area contributed by atoms with E-state index in [0.717, 1.165) is 18.8 Å². The number of carbonyl (C=O) groups is 1. The molecule has 0 bridgehead atoms. The second-order valence-corrected chi connectivity index (χ2v) is 6.84. The van der Waals surface area contributed by atoms with E-state index < -0.39 is 5.41 Å². The highest BCUT2D eigenvalue weighted by atomic mass is 16.5. The molecule has 0 amide bonds. The lowest BCUT2D eigenvalue weighted by Gasteiger charge is -2.23. The van der Waals surface area contributed by atoms with Gasteiger partial charge in [-0.1, -0.05) is 59.3 Å². The van der Waals surface area contributed by atoms with Gasteiger partial charge in [-0.15, -0.1) is 0 Å². The molecule has 0 aliphatic heterocycles. The molecular formula is C17H34O4. The summed E-state index contributed by atoms with van der Waals surface area (Å²) in [7, 11) is 0. The molecule has 0 aliphatic carbocycles. The van der Waals surface area contributed by atoms with Crippen LogP contribution < -0.4 is 0 Å². The van der Waals surface area contributed by atoms with Crippen LogP contribution in [-0.4, -0.2) is 36.0 Å². The predicted molar refractivity (Wildman–Crippen MR) is 85.0 cm³/mol. The summed E-state index contributed by atoms with van der Waals surface area (Å²) in [4.78, 5) is 11.5. The van der Waals surface area contributed by atoms with E-state index in [1.807, 2.05) is 0 Å². The molecule has 0 rings (SSSR count). The number of aliphatic hydroxyl groups is 2. The minimum atomic E-state index is -0.730. The number of hydrogen-bond donors (Lipinski definition) is 2. The van der Waals surface area contributed by atoms with Gasteiger partial charge < -0.3 is 14.9 Å². The fourth-order valence-corrected chi connectivity index (χ4v) is 2.00. The molecule has 0 unspecified atom stereocenters. The molecule has 0 aromatic carbocycles. The van der Waals surface area contributed by atoms with Crippen molar-refractivity contribution in [3.05, 3.63) is 0 Å². The molecule has 2 N–H and O–H groups in total. The van der Waals surface area contributed by atoms with Crippen LogP contribution >= 0.6 is 0 Å². The average molecular weight is 302 g/mol. The zero-order valence-electron chi connectivity index (χ0n) is 14.1. The Balaban J connectivity index is 3.46. The van der Waals surface area contributed by atoms with Gasteiger partial charge in [0.2, 0.25) is 0 Å². The van der Waals surface area contributed by atoms with Crippen molar-refractivity contribution in [2.45, 2.75) is 72.1 Å².